The van der Waals surface area contributed by atoms with E-state index in [1.807, 2.05) is 25.4 Å². The van der Waals surface area contributed by atoms with Crippen LogP contribution in [0.4, 0.5) is 0 Å². The molecule has 1 aliphatic rings. The van der Waals surface area contributed by atoms with Gasteiger partial charge in [0.15, 0.2) is 5.82 Å². The van der Waals surface area contributed by atoms with Crippen LogP contribution < -0.4 is 11.5 Å². The minimum atomic E-state index is -1.35. The normalized spacial score (nSPS) is 15.4. The van der Waals surface area contributed by atoms with Crippen molar-refractivity contribution in [1.82, 2.24) is 24.7 Å². The Bertz CT molecular complexity index is 1040. The fourth-order valence-corrected chi connectivity index (χ4v) is 3.40. The van der Waals surface area contributed by atoms with E-state index in [0.29, 0.717) is 17.2 Å². The Labute approximate surface area is 156 Å². The van der Waals surface area contributed by atoms with Crippen molar-refractivity contribution in [2.45, 2.75) is 31.7 Å². The zero-order valence-electron chi connectivity index (χ0n) is 15.3. The monoisotopic (exact) mass is 363 g/mol. The summed E-state index contributed by atoms with van der Waals surface area (Å²) in [6, 6.07) is 3.82. The fourth-order valence-electron chi connectivity index (χ4n) is 3.40. The van der Waals surface area contributed by atoms with Crippen molar-refractivity contribution in [3.05, 3.63) is 47.7 Å². The lowest BCUT2D eigenvalue weighted by Gasteiger charge is -2.23. The van der Waals surface area contributed by atoms with Gasteiger partial charge in [-0.25, -0.2) is 9.97 Å². The topological polar surface area (TPSA) is 126 Å². The predicted molar refractivity (Wildman–Crippen MR) is 100 cm³/mol. The highest BCUT2D eigenvalue weighted by Crippen LogP contribution is 2.31. The number of fused-ring (bicyclic) bond motifs is 1. The molecular formula is C19H21N7O. The van der Waals surface area contributed by atoms with Crippen LogP contribution in [0.1, 0.15) is 30.3 Å². The fraction of sp³-hybridized carbons (Fsp3) is 0.316. The van der Waals surface area contributed by atoms with Crippen LogP contribution in [0.15, 0.2) is 30.7 Å². The molecular weight excluding hydrogens is 342 g/mol. The molecule has 138 valence electrons. The summed E-state index contributed by atoms with van der Waals surface area (Å²) in [6.45, 7) is 1.60. The molecule has 1 unspecified atom stereocenters. The van der Waals surface area contributed by atoms with E-state index in [4.69, 9.17) is 16.5 Å². The van der Waals surface area contributed by atoms with Crippen LogP contribution in [0.3, 0.4) is 0 Å². The molecule has 8 nitrogen and oxygen atoms in total. The molecule has 0 saturated heterocycles. The van der Waals surface area contributed by atoms with Gasteiger partial charge < -0.3 is 11.5 Å². The number of nitrogens with two attached hydrogens (primary N) is 2. The number of aromatic nitrogens is 5. The Morgan fingerprint density at radius 3 is 2.78 bits per heavy atom. The summed E-state index contributed by atoms with van der Waals surface area (Å²) < 4.78 is 1.74. The quantitative estimate of drug-likeness (QED) is 0.714. The van der Waals surface area contributed by atoms with E-state index in [1.165, 1.54) is 0 Å². The number of primary amides is 1. The van der Waals surface area contributed by atoms with E-state index < -0.39 is 11.4 Å². The highest BCUT2D eigenvalue weighted by atomic mass is 16.1. The van der Waals surface area contributed by atoms with Crippen LogP contribution in [-0.2, 0) is 30.2 Å². The smallest absolute Gasteiger partial charge is 0.243 e. The van der Waals surface area contributed by atoms with Gasteiger partial charge in [0, 0.05) is 30.7 Å². The lowest BCUT2D eigenvalue weighted by atomic mass is 9.93. The maximum Gasteiger partial charge on any atom is 0.243 e. The van der Waals surface area contributed by atoms with E-state index in [-0.39, 0.29) is 0 Å². The summed E-state index contributed by atoms with van der Waals surface area (Å²) >= 11 is 0. The number of carbonyl (C=O) groups is 1. The standard InChI is InChI=1S/C19H21N7O/c1-19(21,18(20)27)16-13-4-3-5-14(13)24-17(25-16)15-8-11(6-7-22-15)12-9-23-26(2)10-12/h6-10H,3-5,21H2,1-2H3,(H2,20,27). The van der Waals surface area contributed by atoms with Gasteiger partial charge in [-0.05, 0) is 49.4 Å². The van der Waals surface area contributed by atoms with E-state index in [9.17, 15) is 4.79 Å². The van der Waals surface area contributed by atoms with Gasteiger partial charge in [0.2, 0.25) is 5.91 Å². The second-order valence-electron chi connectivity index (χ2n) is 7.07. The molecule has 4 rings (SSSR count). The molecule has 27 heavy (non-hydrogen) atoms. The molecule has 3 aromatic rings. The highest BCUT2D eigenvalue weighted by molar-refractivity contribution is 5.85. The minimum absolute atomic E-state index is 0.453. The third-order valence-electron chi connectivity index (χ3n) is 4.96. The van der Waals surface area contributed by atoms with Crippen molar-refractivity contribution in [2.75, 3.05) is 0 Å². The lowest BCUT2D eigenvalue weighted by molar-refractivity contribution is -0.122. The van der Waals surface area contributed by atoms with Gasteiger partial charge in [0.25, 0.3) is 0 Å². The van der Waals surface area contributed by atoms with Crippen LogP contribution in [0.2, 0.25) is 0 Å². The average Bonchev–Trinajstić information content (AvgIpc) is 3.29. The predicted octanol–water partition coefficient (Wildman–Crippen LogP) is 1.09. The van der Waals surface area contributed by atoms with Crippen LogP contribution >= 0.6 is 0 Å². The van der Waals surface area contributed by atoms with E-state index >= 15 is 0 Å². The zero-order chi connectivity index (χ0) is 19.2. The molecule has 1 aliphatic carbocycles. The Kier molecular flexibility index (Phi) is 4.00. The van der Waals surface area contributed by atoms with Crippen molar-refractivity contribution in [3.8, 4) is 22.6 Å². The number of hydrogen-bond donors (Lipinski definition) is 2. The number of carbonyl (C=O) groups excluding carboxylic acids is 1. The van der Waals surface area contributed by atoms with E-state index in [2.05, 4.69) is 15.1 Å². The maximum absolute atomic E-state index is 11.9. The second-order valence-corrected chi connectivity index (χ2v) is 7.07. The van der Waals surface area contributed by atoms with Gasteiger partial charge in [0.1, 0.15) is 11.2 Å². The van der Waals surface area contributed by atoms with Crippen molar-refractivity contribution in [3.63, 3.8) is 0 Å². The number of pyridine rings is 1. The Morgan fingerprint density at radius 2 is 2.07 bits per heavy atom. The van der Waals surface area contributed by atoms with Crippen LogP contribution in [-0.4, -0.2) is 30.6 Å². The molecule has 4 N–H and O–H groups in total. The van der Waals surface area contributed by atoms with Crippen molar-refractivity contribution < 1.29 is 4.79 Å². The molecule has 8 heteroatoms. The molecule has 0 spiro atoms. The number of amides is 1. The van der Waals surface area contributed by atoms with Gasteiger partial charge in [-0.1, -0.05) is 0 Å². The van der Waals surface area contributed by atoms with Crippen LogP contribution in [0.25, 0.3) is 22.6 Å². The molecule has 3 heterocycles. The van der Waals surface area contributed by atoms with Crippen molar-refractivity contribution in [2.24, 2.45) is 18.5 Å². The zero-order valence-corrected chi connectivity index (χ0v) is 15.3. The number of aryl methyl sites for hydroxylation is 2. The lowest BCUT2D eigenvalue weighted by Crippen LogP contribution is -2.47. The second kappa shape index (κ2) is 6.24. The molecule has 1 amide bonds. The van der Waals surface area contributed by atoms with E-state index in [1.54, 1.807) is 24.0 Å². The van der Waals surface area contributed by atoms with Gasteiger partial charge in [-0.3, -0.25) is 14.5 Å². The molecule has 0 aliphatic heterocycles. The molecule has 3 aromatic heterocycles. The average molecular weight is 363 g/mol. The first-order valence-corrected chi connectivity index (χ1v) is 8.81. The van der Waals surface area contributed by atoms with Crippen molar-refractivity contribution in [1.29, 1.82) is 0 Å². The summed E-state index contributed by atoms with van der Waals surface area (Å²) in [6.07, 6.45) is 8.02. The molecule has 0 saturated carbocycles. The summed E-state index contributed by atoms with van der Waals surface area (Å²) in [5.74, 6) is -0.160. The number of hydrogen-bond acceptors (Lipinski definition) is 6. The molecule has 0 fully saturated rings. The van der Waals surface area contributed by atoms with Gasteiger partial charge in [-0.15, -0.1) is 0 Å². The summed E-state index contributed by atoms with van der Waals surface area (Å²) in [7, 11) is 1.87. The SMILES string of the molecule is Cn1cc(-c2ccnc(-c3nc4c(c(C(C)(N)C(N)=O)n3)CCC4)c2)cn1. The number of rotatable bonds is 4. The summed E-state index contributed by atoms with van der Waals surface area (Å²) in [5.41, 5.74) is 15.3. The molecule has 0 bridgehead atoms. The molecule has 1 atom stereocenters. The Hall–Kier alpha value is -3.13. The third-order valence-corrected chi connectivity index (χ3v) is 4.96. The minimum Gasteiger partial charge on any atom is -0.368 e. The van der Waals surface area contributed by atoms with Crippen LogP contribution in [0, 0.1) is 0 Å². The van der Waals surface area contributed by atoms with Gasteiger partial charge in [-0.2, -0.15) is 5.10 Å². The molecule has 0 radical (unpaired) electrons. The highest BCUT2D eigenvalue weighted by Gasteiger charge is 2.35. The maximum atomic E-state index is 11.9. The van der Waals surface area contributed by atoms with E-state index in [0.717, 1.165) is 41.6 Å². The first-order chi connectivity index (χ1) is 12.9. The Morgan fingerprint density at radius 1 is 1.26 bits per heavy atom. The number of nitrogens with zero attached hydrogens (tertiary/aromatic N) is 5. The first-order valence-electron chi connectivity index (χ1n) is 8.81. The van der Waals surface area contributed by atoms with Crippen molar-refractivity contribution >= 4 is 5.91 Å². The Balaban J connectivity index is 1.85. The van der Waals surface area contributed by atoms with Gasteiger partial charge in [0.05, 0.1) is 11.9 Å². The first kappa shape index (κ1) is 17.3. The summed E-state index contributed by atoms with van der Waals surface area (Å²) in [5, 5.41) is 4.21. The summed E-state index contributed by atoms with van der Waals surface area (Å²) in [4.78, 5) is 25.7. The van der Waals surface area contributed by atoms with Gasteiger partial charge >= 0.3 is 0 Å². The largest absolute Gasteiger partial charge is 0.368 e. The molecule has 0 aromatic carbocycles. The third kappa shape index (κ3) is 2.97. The van der Waals surface area contributed by atoms with Crippen LogP contribution in [0.5, 0.6) is 0 Å².